The number of nitrogens with zero attached hydrogens (tertiary/aromatic N) is 2. The molecule has 0 radical (unpaired) electrons. The van der Waals surface area contributed by atoms with Gasteiger partial charge >= 0.3 is 0 Å². The molecular formula is C83H64N2O2. The first-order chi connectivity index (χ1) is 42.7. The van der Waals surface area contributed by atoms with E-state index >= 15 is 0 Å². The van der Waals surface area contributed by atoms with Gasteiger partial charge in [-0.2, -0.15) is 0 Å². The number of hydrogen-bond acceptors (Lipinski definition) is 4. The van der Waals surface area contributed by atoms with Crippen LogP contribution in [0.2, 0.25) is 0 Å². The maximum Gasteiger partial charge on any atom is 0.159 e. The van der Waals surface area contributed by atoms with Crippen molar-refractivity contribution in [2.24, 2.45) is 0 Å². The SMILES string of the molecule is C=Cc1c(N(c2ccc(-c3ccccc3)cc2-c2ccccc2)c2cccc3c2oc2ccccc23)cc(C(C)C)c2ccc3c(N(c4ccc(-c5ccccc5)cc4-c4ccccc4)c4cccc5c4oc4ccccc45)cc(C(C)C)c(C)c3c12. The van der Waals surface area contributed by atoms with Gasteiger partial charge in [-0.3, -0.25) is 0 Å². The van der Waals surface area contributed by atoms with E-state index in [4.69, 9.17) is 15.4 Å². The summed E-state index contributed by atoms with van der Waals surface area (Å²) in [6.07, 6.45) is 2.11. The summed E-state index contributed by atoms with van der Waals surface area (Å²) in [5, 5.41) is 8.91. The number of hydrogen-bond donors (Lipinski definition) is 0. The Balaban J connectivity index is 1.09. The van der Waals surface area contributed by atoms with Crippen molar-refractivity contribution < 1.29 is 8.83 Å². The molecule has 418 valence electrons. The lowest BCUT2D eigenvalue weighted by Gasteiger charge is -2.33. The molecule has 0 spiro atoms. The smallest absolute Gasteiger partial charge is 0.159 e. The molecule has 0 saturated carbocycles. The van der Waals surface area contributed by atoms with Crippen LogP contribution in [0.25, 0.3) is 116 Å². The van der Waals surface area contributed by atoms with E-state index in [1.54, 1.807) is 0 Å². The monoisotopic (exact) mass is 1120 g/mol. The van der Waals surface area contributed by atoms with Crippen LogP contribution >= 0.6 is 0 Å². The summed E-state index contributed by atoms with van der Waals surface area (Å²) >= 11 is 0. The highest BCUT2D eigenvalue weighted by Crippen LogP contribution is 2.54. The van der Waals surface area contributed by atoms with Crippen molar-refractivity contribution >= 4 is 106 Å². The van der Waals surface area contributed by atoms with Crippen LogP contribution in [0.15, 0.2) is 282 Å². The summed E-state index contributed by atoms with van der Waals surface area (Å²) in [7, 11) is 0. The molecule has 0 amide bonds. The average molecular weight is 1120 g/mol. The number of rotatable bonds is 13. The Hall–Kier alpha value is -10.7. The fourth-order valence-electron chi connectivity index (χ4n) is 13.7. The van der Waals surface area contributed by atoms with E-state index in [-0.39, 0.29) is 11.8 Å². The van der Waals surface area contributed by atoms with Crippen molar-refractivity contribution in [3.8, 4) is 44.5 Å². The van der Waals surface area contributed by atoms with Gasteiger partial charge in [0.05, 0.1) is 34.1 Å². The topological polar surface area (TPSA) is 32.8 Å². The van der Waals surface area contributed by atoms with Gasteiger partial charge in [0.25, 0.3) is 0 Å². The maximum absolute atomic E-state index is 7.09. The average Bonchev–Trinajstić information content (AvgIpc) is 1.49. The molecule has 0 aliphatic carbocycles. The van der Waals surface area contributed by atoms with Crippen molar-refractivity contribution in [1.82, 2.24) is 0 Å². The summed E-state index contributed by atoms with van der Waals surface area (Å²) in [5.74, 6) is 0.284. The lowest BCUT2D eigenvalue weighted by Crippen LogP contribution is -2.15. The van der Waals surface area contributed by atoms with E-state index in [0.717, 1.165) is 139 Å². The third-order valence-electron chi connectivity index (χ3n) is 17.8. The Morgan fingerprint density at radius 2 is 0.736 bits per heavy atom. The fourth-order valence-corrected chi connectivity index (χ4v) is 13.7. The summed E-state index contributed by atoms with van der Waals surface area (Å²) in [6.45, 7) is 16.5. The highest BCUT2D eigenvalue weighted by Gasteiger charge is 2.31. The molecule has 0 aliphatic heterocycles. The number of anilines is 6. The zero-order valence-corrected chi connectivity index (χ0v) is 49.6. The summed E-state index contributed by atoms with van der Waals surface area (Å²) in [5.41, 5.74) is 23.1. The second kappa shape index (κ2) is 21.7. The predicted molar refractivity (Wildman–Crippen MR) is 370 cm³/mol. The van der Waals surface area contributed by atoms with Gasteiger partial charge in [0.1, 0.15) is 11.2 Å². The van der Waals surface area contributed by atoms with Crippen LogP contribution in [-0.4, -0.2) is 0 Å². The molecule has 15 aromatic rings. The summed E-state index contributed by atoms with van der Waals surface area (Å²) < 4.78 is 14.2. The first-order valence-corrected chi connectivity index (χ1v) is 30.3. The van der Waals surface area contributed by atoms with Gasteiger partial charge in [-0.1, -0.05) is 247 Å². The van der Waals surface area contributed by atoms with Gasteiger partial charge in [-0.05, 0) is 146 Å². The highest BCUT2D eigenvalue weighted by atomic mass is 16.3. The molecule has 4 nitrogen and oxygen atoms in total. The van der Waals surface area contributed by atoms with Gasteiger partial charge in [0, 0.05) is 43.6 Å². The lowest BCUT2D eigenvalue weighted by atomic mass is 9.83. The standard InChI is InChI=1S/C83H64N2O2/c1-7-61-76(84(74-38-24-36-65-62-34-20-22-40-78(62)86-82(65)74)72-46-42-59(55-26-12-8-13-27-55)48-70(72)57-30-16-10-17-31-57)51-69(53(4)5)64-44-45-67-77(50-68(52(2)3)54(6)80(67)81(61)64)85(75-39-25-37-66-63-35-21-23-41-79(63)87-83(66)75)73-47-43-60(56-28-14-9-15-29-56)49-71(73)58-32-18-11-19-33-58/h7-53H,1H2,2-6H3. The van der Waals surface area contributed by atoms with Gasteiger partial charge in [-0.25, -0.2) is 0 Å². The van der Waals surface area contributed by atoms with E-state index in [1.807, 2.05) is 0 Å². The quantitative estimate of drug-likeness (QED) is 0.108. The molecule has 0 aliphatic rings. The molecule has 4 heteroatoms. The molecule has 0 fully saturated rings. The first kappa shape index (κ1) is 53.1. The van der Waals surface area contributed by atoms with Crippen LogP contribution < -0.4 is 9.80 Å². The normalized spacial score (nSPS) is 11.8. The van der Waals surface area contributed by atoms with Gasteiger partial charge in [0.15, 0.2) is 11.2 Å². The number of para-hydroxylation sites is 4. The van der Waals surface area contributed by atoms with Gasteiger partial charge in [0.2, 0.25) is 0 Å². The van der Waals surface area contributed by atoms with Crippen molar-refractivity contribution in [3.63, 3.8) is 0 Å². The molecule has 15 rings (SSSR count). The van der Waals surface area contributed by atoms with E-state index in [0.29, 0.717) is 0 Å². The Bertz CT molecular complexity index is 5130. The summed E-state index contributed by atoms with van der Waals surface area (Å²) in [6, 6.07) is 96.7. The molecule has 0 unspecified atom stereocenters. The molecule has 13 aromatic carbocycles. The molecule has 0 N–H and O–H groups in total. The van der Waals surface area contributed by atoms with Crippen LogP contribution in [0.3, 0.4) is 0 Å². The number of aryl methyl sites for hydroxylation is 1. The number of benzene rings is 13. The Morgan fingerprint density at radius 3 is 1.21 bits per heavy atom. The minimum Gasteiger partial charge on any atom is -0.454 e. The predicted octanol–water partition coefficient (Wildman–Crippen LogP) is 24.6. The second-order valence-corrected chi connectivity index (χ2v) is 23.5. The molecule has 2 aromatic heterocycles. The van der Waals surface area contributed by atoms with Crippen LogP contribution in [0, 0.1) is 6.92 Å². The van der Waals surface area contributed by atoms with Crippen LogP contribution in [0.5, 0.6) is 0 Å². The van der Waals surface area contributed by atoms with Crippen molar-refractivity contribution in [1.29, 1.82) is 0 Å². The lowest BCUT2D eigenvalue weighted by molar-refractivity contribution is 0.668. The third kappa shape index (κ3) is 8.98. The number of furan rings is 2. The minimum atomic E-state index is 0.132. The largest absolute Gasteiger partial charge is 0.454 e. The Kier molecular flexibility index (Phi) is 13.3. The fraction of sp³-hybridized carbons (Fsp3) is 0.0843. The minimum absolute atomic E-state index is 0.132. The molecule has 0 saturated heterocycles. The molecular weight excluding hydrogens is 1060 g/mol. The first-order valence-electron chi connectivity index (χ1n) is 30.3. The van der Waals surface area contributed by atoms with Crippen molar-refractivity contribution in [3.05, 3.63) is 296 Å². The molecule has 0 bridgehead atoms. The molecule has 87 heavy (non-hydrogen) atoms. The zero-order chi connectivity index (χ0) is 58.9. The van der Waals surface area contributed by atoms with E-state index < -0.39 is 0 Å². The zero-order valence-electron chi connectivity index (χ0n) is 49.6. The van der Waals surface area contributed by atoms with E-state index in [9.17, 15) is 0 Å². The second-order valence-electron chi connectivity index (χ2n) is 23.5. The van der Waals surface area contributed by atoms with Crippen LogP contribution in [-0.2, 0) is 0 Å². The van der Waals surface area contributed by atoms with Crippen molar-refractivity contribution in [2.45, 2.75) is 46.5 Å². The van der Waals surface area contributed by atoms with Gasteiger partial charge in [-0.15, -0.1) is 0 Å². The van der Waals surface area contributed by atoms with E-state index in [2.05, 4.69) is 317 Å². The highest BCUT2D eigenvalue weighted by molar-refractivity contribution is 6.22. The van der Waals surface area contributed by atoms with Gasteiger partial charge < -0.3 is 18.6 Å². The van der Waals surface area contributed by atoms with Crippen LogP contribution in [0.1, 0.15) is 61.8 Å². The Morgan fingerprint density at radius 1 is 0.322 bits per heavy atom. The molecule has 0 atom stereocenters. The number of fused-ring (bicyclic) bond motifs is 9. The molecule has 2 heterocycles. The third-order valence-corrected chi connectivity index (χ3v) is 17.8. The van der Waals surface area contributed by atoms with E-state index in [1.165, 1.54) is 27.5 Å². The van der Waals surface area contributed by atoms with Crippen molar-refractivity contribution in [2.75, 3.05) is 9.80 Å². The Labute approximate surface area is 508 Å². The van der Waals surface area contributed by atoms with Crippen LogP contribution in [0.4, 0.5) is 34.1 Å². The summed E-state index contributed by atoms with van der Waals surface area (Å²) in [4.78, 5) is 4.97. The maximum atomic E-state index is 7.09.